The fourth-order valence-electron chi connectivity index (χ4n) is 4.52. The van der Waals surface area contributed by atoms with Crippen LogP contribution < -0.4 is 14.2 Å². The maximum absolute atomic E-state index is 13.4. The van der Waals surface area contributed by atoms with Crippen LogP contribution in [0.4, 0.5) is 0 Å². The molecule has 0 aromatic heterocycles. The summed E-state index contributed by atoms with van der Waals surface area (Å²) in [5.74, 6) is 0.364. The Balaban J connectivity index is 1.76. The van der Waals surface area contributed by atoms with E-state index in [4.69, 9.17) is 14.2 Å². The van der Waals surface area contributed by atoms with Crippen molar-refractivity contribution in [3.8, 4) is 17.2 Å². The summed E-state index contributed by atoms with van der Waals surface area (Å²) in [6, 6.07) is 19.2. The molecule has 0 saturated carbocycles. The van der Waals surface area contributed by atoms with E-state index in [9.17, 15) is 14.7 Å². The number of benzene rings is 3. The van der Waals surface area contributed by atoms with Gasteiger partial charge in [-0.1, -0.05) is 55.8 Å². The highest BCUT2D eigenvalue weighted by Gasteiger charge is 2.46. The van der Waals surface area contributed by atoms with Crippen LogP contribution in [0.1, 0.15) is 42.1 Å². The van der Waals surface area contributed by atoms with Gasteiger partial charge in [0.15, 0.2) is 11.5 Å². The number of aliphatic hydroxyl groups excluding tert-OH is 1. The van der Waals surface area contributed by atoms with Crippen LogP contribution >= 0.6 is 0 Å². The fraction of sp³-hybridized carbons (Fsp3) is 0.290. The van der Waals surface area contributed by atoms with E-state index in [0.29, 0.717) is 29.6 Å². The first-order valence-corrected chi connectivity index (χ1v) is 12.5. The topological polar surface area (TPSA) is 85.3 Å². The van der Waals surface area contributed by atoms with Gasteiger partial charge in [-0.2, -0.15) is 0 Å². The minimum atomic E-state index is -0.764. The highest BCUT2D eigenvalue weighted by Crippen LogP contribution is 2.41. The molecule has 3 aromatic carbocycles. The quantitative estimate of drug-likeness (QED) is 0.225. The molecule has 7 heteroatoms. The van der Waals surface area contributed by atoms with Crippen molar-refractivity contribution in [2.75, 3.05) is 20.8 Å². The Morgan fingerprint density at radius 3 is 2.29 bits per heavy atom. The van der Waals surface area contributed by atoms with E-state index >= 15 is 0 Å². The number of carbonyl (C=O) groups excluding carboxylic acids is 2. The SMILES string of the molecule is COc1ccc(/C(O)=C2/C(=O)C(=O)N(Cc3ccc(OCC(C)C)cc3)C2c2cccc(C)c2)cc1OC. The normalized spacial score (nSPS) is 16.7. The van der Waals surface area contributed by atoms with Gasteiger partial charge in [0, 0.05) is 12.1 Å². The number of ether oxygens (including phenoxy) is 3. The van der Waals surface area contributed by atoms with Gasteiger partial charge in [-0.25, -0.2) is 0 Å². The molecule has 1 amide bonds. The van der Waals surface area contributed by atoms with Gasteiger partial charge in [-0.05, 0) is 54.3 Å². The second kappa shape index (κ2) is 11.4. The first kappa shape index (κ1) is 26.8. The molecule has 1 atom stereocenters. The Hall–Kier alpha value is -4.26. The molecule has 0 radical (unpaired) electrons. The van der Waals surface area contributed by atoms with Crippen molar-refractivity contribution < 1.29 is 28.9 Å². The van der Waals surface area contributed by atoms with Crippen molar-refractivity contribution in [2.45, 2.75) is 33.4 Å². The van der Waals surface area contributed by atoms with Crippen LogP contribution in [0.5, 0.6) is 17.2 Å². The highest BCUT2D eigenvalue weighted by molar-refractivity contribution is 6.46. The lowest BCUT2D eigenvalue weighted by molar-refractivity contribution is -0.140. The maximum Gasteiger partial charge on any atom is 0.295 e. The number of aryl methyl sites for hydroxylation is 1. The zero-order valence-corrected chi connectivity index (χ0v) is 22.4. The third-order valence-electron chi connectivity index (χ3n) is 6.41. The number of methoxy groups -OCH3 is 2. The molecule has 1 N–H and O–H groups in total. The molecule has 1 fully saturated rings. The second-order valence-electron chi connectivity index (χ2n) is 9.76. The Morgan fingerprint density at radius 2 is 1.66 bits per heavy atom. The van der Waals surface area contributed by atoms with E-state index in [1.807, 2.05) is 55.5 Å². The van der Waals surface area contributed by atoms with Crippen molar-refractivity contribution >= 4 is 17.4 Å². The standard InChI is InChI=1S/C31H33NO6/c1-19(2)18-38-24-12-9-21(10-13-24)17-32-28(22-8-6-7-20(3)15-22)27(30(34)31(32)35)29(33)23-11-14-25(36-4)26(16-23)37-5/h6-16,19,28,33H,17-18H2,1-5H3/b29-27-. The van der Waals surface area contributed by atoms with Crippen LogP contribution in [0.2, 0.25) is 0 Å². The predicted molar refractivity (Wildman–Crippen MR) is 145 cm³/mol. The van der Waals surface area contributed by atoms with Crippen LogP contribution in [0, 0.1) is 12.8 Å². The van der Waals surface area contributed by atoms with Gasteiger partial charge < -0.3 is 24.2 Å². The molecule has 4 rings (SSSR count). The predicted octanol–water partition coefficient (Wildman–Crippen LogP) is 5.67. The minimum absolute atomic E-state index is 0.0321. The number of amides is 1. The van der Waals surface area contributed by atoms with Gasteiger partial charge in [-0.3, -0.25) is 9.59 Å². The van der Waals surface area contributed by atoms with Crippen molar-refractivity contribution in [3.63, 3.8) is 0 Å². The van der Waals surface area contributed by atoms with Crippen molar-refractivity contribution in [3.05, 3.63) is 94.6 Å². The summed E-state index contributed by atoms with van der Waals surface area (Å²) in [5, 5.41) is 11.4. The molecule has 3 aromatic rings. The largest absolute Gasteiger partial charge is 0.507 e. The smallest absolute Gasteiger partial charge is 0.295 e. The average molecular weight is 516 g/mol. The molecule has 38 heavy (non-hydrogen) atoms. The van der Waals surface area contributed by atoms with E-state index in [1.165, 1.54) is 19.1 Å². The molecule has 1 heterocycles. The summed E-state index contributed by atoms with van der Waals surface area (Å²) >= 11 is 0. The molecule has 198 valence electrons. The van der Waals surface area contributed by atoms with E-state index in [-0.39, 0.29) is 17.9 Å². The number of Topliss-reactive ketones (excluding diaryl/α,β-unsaturated/α-hetero) is 1. The Kier molecular flexibility index (Phi) is 8.05. The highest BCUT2D eigenvalue weighted by atomic mass is 16.5. The maximum atomic E-state index is 13.4. The van der Waals surface area contributed by atoms with Gasteiger partial charge in [0.05, 0.1) is 32.4 Å². The number of rotatable bonds is 9. The number of ketones is 1. The number of carbonyl (C=O) groups is 2. The first-order chi connectivity index (χ1) is 18.2. The lowest BCUT2D eigenvalue weighted by atomic mass is 9.94. The lowest BCUT2D eigenvalue weighted by Crippen LogP contribution is -2.29. The third-order valence-corrected chi connectivity index (χ3v) is 6.41. The molecular formula is C31H33NO6. The number of aliphatic hydroxyl groups is 1. The molecule has 7 nitrogen and oxygen atoms in total. The summed E-state index contributed by atoms with van der Waals surface area (Å²) in [5.41, 5.74) is 2.94. The van der Waals surface area contributed by atoms with E-state index in [1.54, 1.807) is 18.2 Å². The van der Waals surface area contributed by atoms with Crippen LogP contribution in [0.25, 0.3) is 5.76 Å². The molecule has 1 aliphatic rings. The van der Waals surface area contributed by atoms with E-state index in [2.05, 4.69) is 13.8 Å². The average Bonchev–Trinajstić information content (AvgIpc) is 3.16. The summed E-state index contributed by atoms with van der Waals surface area (Å²) in [6.07, 6.45) is 0. The Bertz CT molecular complexity index is 1360. The molecule has 1 unspecified atom stereocenters. The lowest BCUT2D eigenvalue weighted by Gasteiger charge is -2.26. The summed E-state index contributed by atoms with van der Waals surface area (Å²) < 4.78 is 16.4. The van der Waals surface area contributed by atoms with Crippen LogP contribution in [0.3, 0.4) is 0 Å². The molecule has 1 saturated heterocycles. The fourth-order valence-corrected chi connectivity index (χ4v) is 4.52. The second-order valence-corrected chi connectivity index (χ2v) is 9.76. The van der Waals surface area contributed by atoms with Gasteiger partial charge in [-0.15, -0.1) is 0 Å². The summed E-state index contributed by atoms with van der Waals surface area (Å²) in [6.45, 7) is 6.91. The summed E-state index contributed by atoms with van der Waals surface area (Å²) in [4.78, 5) is 28.2. The van der Waals surface area contributed by atoms with Gasteiger partial charge in [0.2, 0.25) is 0 Å². The monoisotopic (exact) mass is 515 g/mol. The number of hydrogen-bond acceptors (Lipinski definition) is 6. The number of likely N-dealkylation sites (tertiary alicyclic amines) is 1. The molecular weight excluding hydrogens is 482 g/mol. The zero-order valence-electron chi connectivity index (χ0n) is 22.4. The van der Waals surface area contributed by atoms with Crippen LogP contribution in [-0.4, -0.2) is 42.5 Å². The van der Waals surface area contributed by atoms with Crippen LogP contribution in [-0.2, 0) is 16.1 Å². The first-order valence-electron chi connectivity index (χ1n) is 12.5. The van der Waals surface area contributed by atoms with Gasteiger partial charge in [0.1, 0.15) is 11.5 Å². The van der Waals surface area contributed by atoms with Crippen molar-refractivity contribution in [1.82, 2.24) is 4.90 Å². The molecule has 0 aliphatic carbocycles. The van der Waals surface area contributed by atoms with Gasteiger partial charge >= 0.3 is 0 Å². The van der Waals surface area contributed by atoms with Gasteiger partial charge in [0.25, 0.3) is 11.7 Å². The van der Waals surface area contributed by atoms with Crippen molar-refractivity contribution in [2.24, 2.45) is 5.92 Å². The number of hydrogen-bond donors (Lipinski definition) is 1. The Morgan fingerprint density at radius 1 is 0.947 bits per heavy atom. The van der Waals surface area contributed by atoms with Crippen LogP contribution in [0.15, 0.2) is 72.3 Å². The number of nitrogens with zero attached hydrogens (tertiary/aromatic N) is 1. The Labute approximate surface area is 223 Å². The third kappa shape index (κ3) is 5.52. The molecule has 0 bridgehead atoms. The van der Waals surface area contributed by atoms with E-state index < -0.39 is 17.7 Å². The summed E-state index contributed by atoms with van der Waals surface area (Å²) in [7, 11) is 3.01. The zero-order chi connectivity index (χ0) is 27.4. The molecule has 0 spiro atoms. The van der Waals surface area contributed by atoms with Crippen molar-refractivity contribution in [1.29, 1.82) is 0 Å². The van der Waals surface area contributed by atoms with E-state index in [0.717, 1.165) is 22.4 Å². The molecule has 1 aliphatic heterocycles. The minimum Gasteiger partial charge on any atom is -0.507 e.